The summed E-state index contributed by atoms with van der Waals surface area (Å²) in [6.07, 6.45) is 1.69. The fourth-order valence-electron chi connectivity index (χ4n) is 1.59. The van der Waals surface area contributed by atoms with E-state index in [-0.39, 0.29) is 5.91 Å². The molecule has 0 radical (unpaired) electrons. The quantitative estimate of drug-likeness (QED) is 0.800. The molecule has 100 valence electrons. The Morgan fingerprint density at radius 3 is 3.00 bits per heavy atom. The molecule has 6 nitrogen and oxygen atoms in total. The highest BCUT2D eigenvalue weighted by molar-refractivity contribution is 7.13. The maximum atomic E-state index is 12.0. The SMILES string of the molecule is Cc1cc(NC(=O)c2csc(-c3ccccn3)n2)no1. The first-order chi connectivity index (χ1) is 9.72. The summed E-state index contributed by atoms with van der Waals surface area (Å²) in [5.41, 5.74) is 1.07. The summed E-state index contributed by atoms with van der Waals surface area (Å²) in [4.78, 5) is 20.5. The minimum Gasteiger partial charge on any atom is -0.360 e. The molecule has 0 saturated heterocycles. The van der Waals surface area contributed by atoms with Crippen molar-refractivity contribution in [3.8, 4) is 10.7 Å². The van der Waals surface area contributed by atoms with Gasteiger partial charge in [-0.3, -0.25) is 9.78 Å². The summed E-state index contributed by atoms with van der Waals surface area (Å²) < 4.78 is 4.88. The van der Waals surface area contributed by atoms with Crippen molar-refractivity contribution < 1.29 is 9.32 Å². The average molecular weight is 286 g/mol. The van der Waals surface area contributed by atoms with Gasteiger partial charge in [0.2, 0.25) is 0 Å². The zero-order valence-electron chi connectivity index (χ0n) is 10.5. The lowest BCUT2D eigenvalue weighted by Crippen LogP contribution is -2.12. The van der Waals surface area contributed by atoms with Crippen molar-refractivity contribution in [1.29, 1.82) is 0 Å². The number of carbonyl (C=O) groups excluding carboxylic acids is 1. The van der Waals surface area contributed by atoms with E-state index in [4.69, 9.17) is 4.52 Å². The molecule has 3 rings (SSSR count). The molecule has 0 spiro atoms. The number of thiazole rings is 1. The van der Waals surface area contributed by atoms with Gasteiger partial charge in [-0.2, -0.15) is 0 Å². The number of anilines is 1. The summed E-state index contributed by atoms with van der Waals surface area (Å²) in [5, 5.41) is 8.71. The smallest absolute Gasteiger partial charge is 0.276 e. The highest BCUT2D eigenvalue weighted by Gasteiger charge is 2.14. The molecule has 0 aliphatic rings. The van der Waals surface area contributed by atoms with Crippen molar-refractivity contribution in [2.24, 2.45) is 0 Å². The molecule has 0 bridgehead atoms. The molecule has 7 heteroatoms. The Kier molecular flexibility index (Phi) is 3.26. The second-order valence-electron chi connectivity index (χ2n) is 4.03. The van der Waals surface area contributed by atoms with Crippen molar-refractivity contribution in [3.05, 3.63) is 47.3 Å². The highest BCUT2D eigenvalue weighted by atomic mass is 32.1. The van der Waals surface area contributed by atoms with Crippen LogP contribution >= 0.6 is 11.3 Å². The number of carbonyl (C=O) groups is 1. The number of rotatable bonds is 3. The summed E-state index contributed by atoms with van der Waals surface area (Å²) in [6.45, 7) is 1.75. The Balaban J connectivity index is 1.78. The first-order valence-electron chi connectivity index (χ1n) is 5.84. The van der Waals surface area contributed by atoms with Crippen molar-refractivity contribution in [1.82, 2.24) is 15.1 Å². The number of aryl methyl sites for hydroxylation is 1. The van der Waals surface area contributed by atoms with Crippen molar-refractivity contribution in [2.75, 3.05) is 5.32 Å². The van der Waals surface area contributed by atoms with Crippen LogP contribution in [0.3, 0.4) is 0 Å². The van der Waals surface area contributed by atoms with E-state index in [1.807, 2.05) is 18.2 Å². The van der Waals surface area contributed by atoms with Crippen LogP contribution in [0, 0.1) is 6.92 Å². The summed E-state index contributed by atoms with van der Waals surface area (Å²) in [5.74, 6) is 0.685. The van der Waals surface area contributed by atoms with E-state index in [9.17, 15) is 4.79 Å². The van der Waals surface area contributed by atoms with E-state index < -0.39 is 0 Å². The molecule has 3 aromatic rings. The lowest BCUT2D eigenvalue weighted by Gasteiger charge is -1.96. The van der Waals surface area contributed by atoms with E-state index >= 15 is 0 Å². The molecule has 0 atom stereocenters. The third-order valence-electron chi connectivity index (χ3n) is 2.49. The van der Waals surface area contributed by atoms with Crippen LogP contribution in [0.5, 0.6) is 0 Å². The summed E-state index contributed by atoms with van der Waals surface area (Å²) >= 11 is 1.37. The molecule has 0 saturated carbocycles. The van der Waals surface area contributed by atoms with Gasteiger partial charge in [-0.1, -0.05) is 11.2 Å². The van der Waals surface area contributed by atoms with Crippen molar-refractivity contribution in [2.45, 2.75) is 6.92 Å². The van der Waals surface area contributed by atoms with Crippen LogP contribution in [-0.2, 0) is 0 Å². The first-order valence-corrected chi connectivity index (χ1v) is 6.72. The number of aromatic nitrogens is 3. The van der Waals surface area contributed by atoms with Crippen molar-refractivity contribution in [3.63, 3.8) is 0 Å². The maximum Gasteiger partial charge on any atom is 0.276 e. The largest absolute Gasteiger partial charge is 0.360 e. The highest BCUT2D eigenvalue weighted by Crippen LogP contribution is 2.21. The number of hydrogen-bond donors (Lipinski definition) is 1. The van der Waals surface area contributed by atoms with E-state index in [2.05, 4.69) is 20.4 Å². The Morgan fingerprint density at radius 2 is 2.30 bits per heavy atom. The van der Waals surface area contributed by atoms with Crippen molar-refractivity contribution >= 4 is 23.1 Å². The molecule has 0 fully saturated rings. The van der Waals surface area contributed by atoms with Crippen LogP contribution in [-0.4, -0.2) is 21.0 Å². The molecule has 0 aromatic carbocycles. The maximum absolute atomic E-state index is 12.0. The van der Waals surface area contributed by atoms with Crippen LogP contribution in [0.25, 0.3) is 10.7 Å². The fraction of sp³-hybridized carbons (Fsp3) is 0.0769. The number of pyridine rings is 1. The zero-order chi connectivity index (χ0) is 13.9. The summed E-state index contributed by atoms with van der Waals surface area (Å²) in [7, 11) is 0. The first kappa shape index (κ1) is 12.5. The Hall–Kier alpha value is -2.54. The lowest BCUT2D eigenvalue weighted by atomic mass is 10.3. The molecule has 3 heterocycles. The molecule has 20 heavy (non-hydrogen) atoms. The average Bonchev–Trinajstić information content (AvgIpc) is 3.09. The van der Waals surface area contributed by atoms with E-state index in [1.165, 1.54) is 11.3 Å². The van der Waals surface area contributed by atoms with Crippen LogP contribution in [0.15, 0.2) is 40.4 Å². The van der Waals surface area contributed by atoms with Gasteiger partial charge in [-0.15, -0.1) is 11.3 Å². The third-order valence-corrected chi connectivity index (χ3v) is 3.36. The van der Waals surface area contributed by atoms with Gasteiger partial charge in [0.05, 0.1) is 5.69 Å². The summed E-state index contributed by atoms with van der Waals surface area (Å²) in [6, 6.07) is 7.20. The zero-order valence-corrected chi connectivity index (χ0v) is 11.3. The number of nitrogens with zero attached hydrogens (tertiary/aromatic N) is 3. The van der Waals surface area contributed by atoms with Gasteiger partial charge in [0.15, 0.2) is 5.82 Å². The minimum absolute atomic E-state index is 0.322. The Morgan fingerprint density at radius 1 is 1.40 bits per heavy atom. The van der Waals surface area contributed by atoms with Crippen LogP contribution in [0.4, 0.5) is 5.82 Å². The fourth-order valence-corrected chi connectivity index (χ4v) is 2.37. The van der Waals surface area contributed by atoms with E-state index in [0.29, 0.717) is 22.3 Å². The molecular weight excluding hydrogens is 276 g/mol. The molecule has 3 aromatic heterocycles. The third kappa shape index (κ3) is 2.57. The van der Waals surface area contributed by atoms with Gasteiger partial charge in [0.1, 0.15) is 16.5 Å². The molecule has 0 aliphatic heterocycles. The second kappa shape index (κ2) is 5.22. The minimum atomic E-state index is -0.322. The number of nitrogens with one attached hydrogen (secondary N) is 1. The number of hydrogen-bond acceptors (Lipinski definition) is 6. The normalized spacial score (nSPS) is 10.4. The standard InChI is InChI=1S/C13H10N4O2S/c1-8-6-11(17-19-8)16-12(18)10-7-20-13(15-10)9-4-2-3-5-14-9/h2-7H,1H3,(H,16,17,18). The van der Waals surface area contributed by atoms with Crippen LogP contribution in [0.1, 0.15) is 16.2 Å². The molecule has 1 N–H and O–H groups in total. The van der Waals surface area contributed by atoms with Crippen LogP contribution in [0.2, 0.25) is 0 Å². The van der Waals surface area contributed by atoms with Gasteiger partial charge >= 0.3 is 0 Å². The molecule has 0 aliphatic carbocycles. The van der Waals surface area contributed by atoms with Gasteiger partial charge < -0.3 is 9.84 Å². The molecule has 1 amide bonds. The van der Waals surface area contributed by atoms with Crippen LogP contribution < -0.4 is 5.32 Å². The van der Waals surface area contributed by atoms with Gasteiger partial charge in [0, 0.05) is 17.6 Å². The van der Waals surface area contributed by atoms with E-state index in [0.717, 1.165) is 5.69 Å². The Labute approximate surface area is 118 Å². The van der Waals surface area contributed by atoms with Gasteiger partial charge in [-0.05, 0) is 19.1 Å². The Bertz CT molecular complexity index is 736. The van der Waals surface area contributed by atoms with Gasteiger partial charge in [-0.25, -0.2) is 4.98 Å². The second-order valence-corrected chi connectivity index (χ2v) is 4.89. The monoisotopic (exact) mass is 286 g/mol. The number of amides is 1. The predicted octanol–water partition coefficient (Wildman–Crippen LogP) is 2.75. The van der Waals surface area contributed by atoms with Gasteiger partial charge in [0.25, 0.3) is 5.91 Å². The molecular formula is C13H10N4O2S. The van der Waals surface area contributed by atoms with E-state index in [1.54, 1.807) is 24.6 Å². The molecule has 0 unspecified atom stereocenters. The predicted molar refractivity (Wildman–Crippen MR) is 74.5 cm³/mol. The lowest BCUT2D eigenvalue weighted by molar-refractivity contribution is 0.102. The topological polar surface area (TPSA) is 80.9 Å².